The Labute approximate surface area is 164 Å². The Bertz CT molecular complexity index is 687. The van der Waals surface area contributed by atoms with Gasteiger partial charge in [-0.05, 0) is 12.8 Å². The van der Waals surface area contributed by atoms with Gasteiger partial charge < -0.3 is 9.26 Å². The number of benzene rings is 2. The van der Waals surface area contributed by atoms with Crippen molar-refractivity contribution in [1.82, 2.24) is 0 Å². The zero-order valence-electron chi connectivity index (χ0n) is 16.6. The Morgan fingerprint density at radius 3 is 1.89 bits per heavy atom. The van der Waals surface area contributed by atoms with Crippen molar-refractivity contribution in [3.63, 3.8) is 0 Å². The maximum Gasteiger partial charge on any atom is 0.180 e. The van der Waals surface area contributed by atoms with Crippen LogP contribution in [0, 0.1) is 0 Å². The van der Waals surface area contributed by atoms with Gasteiger partial charge in [-0.25, -0.2) is 4.99 Å². The Kier molecular flexibility index (Phi) is 7.04. The highest BCUT2D eigenvalue weighted by Gasteiger charge is 2.43. The highest BCUT2D eigenvalue weighted by Crippen LogP contribution is 2.46. The van der Waals surface area contributed by atoms with Crippen LogP contribution in [-0.2, 0) is 9.26 Å². The van der Waals surface area contributed by atoms with Crippen molar-refractivity contribution in [3.05, 3.63) is 60.7 Å². The number of nitrogens with zero attached hydrogens (tertiary/aromatic N) is 1. The molecular formula is C23H30NO2P. The molecule has 0 bridgehead atoms. The monoisotopic (exact) mass is 383 g/mol. The average molecular weight is 383 g/mol. The van der Waals surface area contributed by atoms with Gasteiger partial charge in [-0.3, -0.25) is 0 Å². The van der Waals surface area contributed by atoms with Crippen LogP contribution in [0.2, 0.25) is 0 Å². The summed E-state index contributed by atoms with van der Waals surface area (Å²) in [6, 6.07) is 21.3. The van der Waals surface area contributed by atoms with E-state index in [1.165, 1.54) is 10.6 Å². The van der Waals surface area contributed by atoms with Crippen molar-refractivity contribution in [3.8, 4) is 0 Å². The third-order valence-corrected chi connectivity index (χ3v) is 7.08. The summed E-state index contributed by atoms with van der Waals surface area (Å²) in [6.07, 6.45) is 4.12. The fourth-order valence-corrected chi connectivity index (χ4v) is 5.85. The van der Waals surface area contributed by atoms with Crippen LogP contribution in [0.15, 0.2) is 65.7 Å². The Hall–Kier alpha value is -1.70. The molecule has 1 heterocycles. The van der Waals surface area contributed by atoms with E-state index in [0.29, 0.717) is 6.61 Å². The molecule has 2 aromatic carbocycles. The van der Waals surface area contributed by atoms with Gasteiger partial charge in [0.25, 0.3) is 0 Å². The van der Waals surface area contributed by atoms with Crippen molar-refractivity contribution in [1.29, 1.82) is 0 Å². The maximum absolute atomic E-state index is 7.10. The number of ether oxygens (including phenoxy) is 1. The zero-order valence-corrected chi connectivity index (χ0v) is 17.5. The molecular weight excluding hydrogens is 353 g/mol. The van der Waals surface area contributed by atoms with Gasteiger partial charge in [0.15, 0.2) is 5.90 Å². The molecule has 0 saturated heterocycles. The molecule has 1 aliphatic rings. The van der Waals surface area contributed by atoms with Crippen LogP contribution in [0.5, 0.6) is 0 Å². The molecule has 1 unspecified atom stereocenters. The van der Waals surface area contributed by atoms with Gasteiger partial charge in [-0.1, -0.05) is 87.4 Å². The molecule has 27 heavy (non-hydrogen) atoms. The Balaban J connectivity index is 2.01. The number of hydrogen-bond acceptors (Lipinski definition) is 3. The summed E-state index contributed by atoms with van der Waals surface area (Å²) in [6.45, 7) is 7.03. The molecule has 0 aromatic heterocycles. The smallest absolute Gasteiger partial charge is 0.180 e. The second kappa shape index (κ2) is 9.48. The summed E-state index contributed by atoms with van der Waals surface area (Å²) >= 11 is 0. The number of hydrogen-bond donors (Lipinski definition) is 0. The Morgan fingerprint density at radius 2 is 1.48 bits per heavy atom. The van der Waals surface area contributed by atoms with E-state index >= 15 is 0 Å². The van der Waals surface area contributed by atoms with Gasteiger partial charge in [-0.2, -0.15) is 0 Å². The summed E-state index contributed by atoms with van der Waals surface area (Å²) in [5.41, 5.74) is -0.293. The first-order chi connectivity index (χ1) is 13.2. The average Bonchev–Trinajstić information content (AvgIpc) is 3.15. The SMILES string of the molecule is CCCC(CCC)(OP(c1ccccc1)c1ccccc1)C1COC(C)=N1. The normalized spacial score (nSPS) is 17.0. The van der Waals surface area contributed by atoms with Crippen LogP contribution in [0.1, 0.15) is 46.5 Å². The van der Waals surface area contributed by atoms with Gasteiger partial charge in [0.05, 0.1) is 13.7 Å². The summed E-state index contributed by atoms with van der Waals surface area (Å²) in [5.74, 6) is 0.781. The molecule has 0 fully saturated rings. The quantitative estimate of drug-likeness (QED) is 0.557. The third-order valence-electron chi connectivity index (χ3n) is 5.00. The predicted octanol–water partition coefficient (Wildman–Crippen LogP) is 5.21. The minimum absolute atomic E-state index is 0.0647. The van der Waals surface area contributed by atoms with E-state index in [-0.39, 0.29) is 11.6 Å². The second-order valence-electron chi connectivity index (χ2n) is 7.10. The van der Waals surface area contributed by atoms with E-state index in [0.717, 1.165) is 31.6 Å². The molecule has 0 spiro atoms. The maximum atomic E-state index is 7.10. The first kappa shape index (κ1) is 20.0. The van der Waals surface area contributed by atoms with E-state index in [1.807, 2.05) is 6.92 Å². The molecule has 0 amide bonds. The van der Waals surface area contributed by atoms with Crippen LogP contribution in [0.3, 0.4) is 0 Å². The first-order valence-corrected chi connectivity index (χ1v) is 11.2. The highest BCUT2D eigenvalue weighted by molar-refractivity contribution is 7.68. The molecule has 3 nitrogen and oxygen atoms in total. The zero-order chi connectivity index (χ0) is 19.1. The summed E-state index contributed by atoms with van der Waals surface area (Å²) in [5, 5.41) is 2.49. The lowest BCUT2D eigenvalue weighted by Crippen LogP contribution is -2.45. The van der Waals surface area contributed by atoms with E-state index < -0.39 is 8.15 Å². The standard InChI is InChI=1S/C23H30NO2P/c1-4-16-23(17-5-2,22-18-25-19(3)24-22)26-27(20-12-8-6-9-13-20)21-14-10-7-11-15-21/h6-15,22H,4-5,16-18H2,1-3H3. The van der Waals surface area contributed by atoms with Crippen molar-refractivity contribution in [2.75, 3.05) is 6.61 Å². The van der Waals surface area contributed by atoms with Crippen LogP contribution in [0.25, 0.3) is 0 Å². The molecule has 144 valence electrons. The predicted molar refractivity (Wildman–Crippen MR) is 116 cm³/mol. The van der Waals surface area contributed by atoms with E-state index in [1.54, 1.807) is 0 Å². The summed E-state index contributed by atoms with van der Waals surface area (Å²) < 4.78 is 12.8. The molecule has 4 heteroatoms. The largest absolute Gasteiger partial charge is 0.479 e. The van der Waals surface area contributed by atoms with Gasteiger partial charge in [-0.15, -0.1) is 0 Å². The first-order valence-electron chi connectivity index (χ1n) is 9.95. The second-order valence-corrected chi connectivity index (χ2v) is 8.90. The van der Waals surface area contributed by atoms with Crippen molar-refractivity contribution < 1.29 is 9.26 Å². The van der Waals surface area contributed by atoms with Gasteiger partial charge in [0.1, 0.15) is 12.6 Å². The van der Waals surface area contributed by atoms with Crippen molar-refractivity contribution in [2.24, 2.45) is 4.99 Å². The van der Waals surface area contributed by atoms with Crippen LogP contribution >= 0.6 is 8.15 Å². The molecule has 1 atom stereocenters. The molecule has 3 rings (SSSR count). The van der Waals surface area contributed by atoms with Crippen molar-refractivity contribution >= 4 is 24.7 Å². The molecule has 0 saturated carbocycles. The highest BCUT2D eigenvalue weighted by atomic mass is 31.1. The van der Waals surface area contributed by atoms with Gasteiger partial charge in [0.2, 0.25) is 0 Å². The lowest BCUT2D eigenvalue weighted by Gasteiger charge is -2.39. The molecule has 0 N–H and O–H groups in total. The lowest BCUT2D eigenvalue weighted by molar-refractivity contribution is 0.0295. The third kappa shape index (κ3) is 4.78. The topological polar surface area (TPSA) is 30.8 Å². The fraction of sp³-hybridized carbons (Fsp3) is 0.435. The van der Waals surface area contributed by atoms with E-state index in [9.17, 15) is 0 Å². The lowest BCUT2D eigenvalue weighted by atomic mass is 9.86. The minimum Gasteiger partial charge on any atom is -0.479 e. The molecule has 0 radical (unpaired) electrons. The number of rotatable bonds is 9. The van der Waals surface area contributed by atoms with Crippen LogP contribution in [-0.4, -0.2) is 24.1 Å². The summed E-state index contributed by atoms with van der Waals surface area (Å²) in [7, 11) is -0.917. The fourth-order valence-electron chi connectivity index (χ4n) is 3.78. The molecule has 2 aromatic rings. The van der Waals surface area contributed by atoms with Gasteiger partial charge >= 0.3 is 0 Å². The van der Waals surface area contributed by atoms with Gasteiger partial charge in [0, 0.05) is 17.5 Å². The van der Waals surface area contributed by atoms with Crippen LogP contribution < -0.4 is 10.6 Å². The molecule has 1 aliphatic heterocycles. The Morgan fingerprint density at radius 1 is 0.963 bits per heavy atom. The van der Waals surface area contributed by atoms with Crippen LogP contribution in [0.4, 0.5) is 0 Å². The minimum atomic E-state index is -0.917. The van der Waals surface area contributed by atoms with Crippen molar-refractivity contribution in [2.45, 2.75) is 58.1 Å². The summed E-state index contributed by atoms with van der Waals surface area (Å²) in [4.78, 5) is 4.82. The molecule has 0 aliphatic carbocycles. The van der Waals surface area contributed by atoms with E-state index in [2.05, 4.69) is 74.5 Å². The van der Waals surface area contributed by atoms with E-state index in [4.69, 9.17) is 14.3 Å². The number of aliphatic imine (C=N–C) groups is 1.